The second-order valence-electron chi connectivity index (χ2n) is 7.02. The summed E-state index contributed by atoms with van der Waals surface area (Å²) in [4.78, 5) is 0. The molecule has 0 radical (unpaired) electrons. The summed E-state index contributed by atoms with van der Waals surface area (Å²) in [5.74, 6) is 0.115. The second kappa shape index (κ2) is 6.44. The zero-order valence-corrected chi connectivity index (χ0v) is 16.1. The van der Waals surface area contributed by atoms with Crippen molar-refractivity contribution in [2.45, 2.75) is 47.0 Å². The Bertz CT molecular complexity index is 751. The lowest BCUT2D eigenvalue weighted by Crippen LogP contribution is -2.10. The minimum absolute atomic E-state index is 0.0316. The molecule has 1 N–H and O–H groups in total. The number of nitrogens with zero attached hydrogens (tertiary/aromatic N) is 2. The van der Waals surface area contributed by atoms with Crippen LogP contribution < -0.4 is 0 Å². The summed E-state index contributed by atoms with van der Waals surface area (Å²) >= 11 is 3.40. The molecule has 0 aliphatic carbocycles. The van der Waals surface area contributed by atoms with Gasteiger partial charge < -0.3 is 5.11 Å². The van der Waals surface area contributed by atoms with Crippen molar-refractivity contribution in [1.82, 2.24) is 0 Å². The maximum atomic E-state index is 10.2. The van der Waals surface area contributed by atoms with Crippen LogP contribution in [0, 0.1) is 20.8 Å². The number of aromatic hydroxyl groups is 1. The Labute approximate surface area is 146 Å². The van der Waals surface area contributed by atoms with E-state index in [2.05, 4.69) is 66.0 Å². The minimum Gasteiger partial charge on any atom is -0.505 e. The van der Waals surface area contributed by atoms with Gasteiger partial charge in [0.15, 0.2) is 5.75 Å². The third kappa shape index (κ3) is 3.99. The number of halogens is 1. The van der Waals surface area contributed by atoms with E-state index in [4.69, 9.17) is 0 Å². The van der Waals surface area contributed by atoms with E-state index in [1.807, 2.05) is 26.0 Å². The molecule has 0 unspecified atom stereocenters. The maximum Gasteiger partial charge on any atom is 0.157 e. The van der Waals surface area contributed by atoms with Gasteiger partial charge in [0.25, 0.3) is 0 Å². The van der Waals surface area contributed by atoms with Gasteiger partial charge in [0, 0.05) is 0 Å². The molecule has 0 saturated carbocycles. The van der Waals surface area contributed by atoms with Crippen LogP contribution in [-0.2, 0) is 5.41 Å². The Morgan fingerprint density at radius 1 is 0.913 bits per heavy atom. The molecule has 4 heteroatoms. The first-order chi connectivity index (χ1) is 10.6. The first kappa shape index (κ1) is 17.7. The molecule has 3 nitrogen and oxygen atoms in total. The van der Waals surface area contributed by atoms with Gasteiger partial charge in [-0.2, -0.15) is 0 Å². The van der Waals surface area contributed by atoms with Crippen molar-refractivity contribution in [3.05, 3.63) is 51.0 Å². The van der Waals surface area contributed by atoms with Crippen molar-refractivity contribution in [3.63, 3.8) is 0 Å². The number of hydrogen-bond acceptors (Lipinski definition) is 3. The van der Waals surface area contributed by atoms with Gasteiger partial charge in [0.05, 0.1) is 10.2 Å². The summed E-state index contributed by atoms with van der Waals surface area (Å²) in [6.45, 7) is 12.5. The predicted octanol–water partition coefficient (Wildman–Crippen LogP) is 6.79. The van der Waals surface area contributed by atoms with Crippen LogP contribution in [0.2, 0.25) is 0 Å². The maximum absolute atomic E-state index is 10.2. The average molecular weight is 375 g/mol. The second-order valence-corrected chi connectivity index (χ2v) is 7.88. The quantitative estimate of drug-likeness (QED) is 0.577. The van der Waals surface area contributed by atoms with Gasteiger partial charge >= 0.3 is 0 Å². The molecule has 23 heavy (non-hydrogen) atoms. The molecular formula is C19H23BrN2O. The van der Waals surface area contributed by atoms with Crippen molar-refractivity contribution in [1.29, 1.82) is 0 Å². The summed E-state index contributed by atoms with van der Waals surface area (Å²) in [5, 5.41) is 18.9. The van der Waals surface area contributed by atoms with Crippen LogP contribution in [0.3, 0.4) is 0 Å². The van der Waals surface area contributed by atoms with E-state index in [-0.39, 0.29) is 11.2 Å². The SMILES string of the molecule is Cc1cc(C)c(N=Nc2cc(C(C)(C)C)cc(Br)c2O)c(C)c1. The molecule has 0 aliphatic heterocycles. The minimum atomic E-state index is -0.0316. The third-order valence-electron chi connectivity index (χ3n) is 3.80. The summed E-state index contributed by atoms with van der Waals surface area (Å²) < 4.78 is 0.635. The molecule has 0 atom stereocenters. The number of hydrogen-bond donors (Lipinski definition) is 1. The molecule has 0 amide bonds. The van der Waals surface area contributed by atoms with Crippen molar-refractivity contribution < 1.29 is 5.11 Å². The number of azo groups is 1. The van der Waals surface area contributed by atoms with Gasteiger partial charge in [-0.25, -0.2) is 0 Å². The van der Waals surface area contributed by atoms with Crippen molar-refractivity contribution in [2.24, 2.45) is 10.2 Å². The molecule has 2 rings (SSSR count). The first-order valence-electron chi connectivity index (χ1n) is 7.62. The Balaban J connectivity index is 2.50. The van der Waals surface area contributed by atoms with Gasteiger partial charge in [-0.05, 0) is 70.9 Å². The molecule has 0 aliphatic rings. The smallest absolute Gasteiger partial charge is 0.157 e. The van der Waals surface area contributed by atoms with Crippen molar-refractivity contribution in [3.8, 4) is 5.75 Å². The van der Waals surface area contributed by atoms with E-state index < -0.39 is 0 Å². The lowest BCUT2D eigenvalue weighted by molar-refractivity contribution is 0.471. The number of phenols is 1. The average Bonchev–Trinajstić information content (AvgIpc) is 2.40. The van der Waals surface area contributed by atoms with Crippen molar-refractivity contribution in [2.75, 3.05) is 0 Å². The van der Waals surface area contributed by atoms with E-state index in [9.17, 15) is 5.11 Å². The molecule has 0 saturated heterocycles. The molecular weight excluding hydrogens is 352 g/mol. The van der Waals surface area contributed by atoms with Crippen LogP contribution in [-0.4, -0.2) is 5.11 Å². The highest BCUT2D eigenvalue weighted by atomic mass is 79.9. The lowest BCUT2D eigenvalue weighted by atomic mass is 9.87. The van der Waals surface area contributed by atoms with Gasteiger partial charge in [-0.1, -0.05) is 38.5 Å². The van der Waals surface area contributed by atoms with Crippen molar-refractivity contribution >= 4 is 27.3 Å². The topological polar surface area (TPSA) is 45.0 Å². The summed E-state index contributed by atoms with van der Waals surface area (Å²) in [6.07, 6.45) is 0. The van der Waals surface area contributed by atoms with Crippen LogP contribution in [0.25, 0.3) is 0 Å². The number of rotatable bonds is 2. The van der Waals surface area contributed by atoms with Gasteiger partial charge in [-0.3, -0.25) is 0 Å². The van der Waals surface area contributed by atoms with Gasteiger partial charge in [-0.15, -0.1) is 10.2 Å². The molecule has 0 aromatic heterocycles. The highest BCUT2D eigenvalue weighted by molar-refractivity contribution is 9.10. The Morgan fingerprint density at radius 3 is 2.00 bits per heavy atom. The largest absolute Gasteiger partial charge is 0.505 e. The fraction of sp³-hybridized carbons (Fsp3) is 0.368. The van der Waals surface area contributed by atoms with Crippen LogP contribution in [0.1, 0.15) is 43.0 Å². The normalized spacial score (nSPS) is 12.1. The van der Waals surface area contributed by atoms with Gasteiger partial charge in [0.1, 0.15) is 5.69 Å². The molecule has 2 aromatic carbocycles. The molecule has 122 valence electrons. The molecule has 0 spiro atoms. The first-order valence-corrected chi connectivity index (χ1v) is 8.41. The zero-order valence-electron chi connectivity index (χ0n) is 14.5. The van der Waals surface area contributed by atoms with E-state index in [0.29, 0.717) is 10.2 Å². The summed E-state index contributed by atoms with van der Waals surface area (Å²) in [7, 11) is 0. The van der Waals surface area contributed by atoms with Crippen LogP contribution in [0.5, 0.6) is 5.75 Å². The summed E-state index contributed by atoms with van der Waals surface area (Å²) in [5.41, 5.74) is 5.76. The third-order valence-corrected chi connectivity index (χ3v) is 4.41. The van der Waals surface area contributed by atoms with E-state index in [1.165, 1.54) is 5.56 Å². The molecule has 0 bridgehead atoms. The highest BCUT2D eigenvalue weighted by Crippen LogP contribution is 2.40. The van der Waals surface area contributed by atoms with Crippen LogP contribution in [0.15, 0.2) is 39.0 Å². The Morgan fingerprint density at radius 2 is 1.48 bits per heavy atom. The van der Waals surface area contributed by atoms with Crippen LogP contribution >= 0.6 is 15.9 Å². The zero-order chi connectivity index (χ0) is 17.4. The summed E-state index contributed by atoms with van der Waals surface area (Å²) in [6, 6.07) is 7.99. The van der Waals surface area contributed by atoms with Crippen LogP contribution in [0.4, 0.5) is 11.4 Å². The van der Waals surface area contributed by atoms with E-state index in [0.717, 1.165) is 22.4 Å². The Hall–Kier alpha value is -1.68. The number of aryl methyl sites for hydroxylation is 3. The standard InChI is InChI=1S/C19H23BrN2O/c1-11-7-12(2)17(13(3)8-11)22-21-16-10-14(19(4,5)6)9-15(20)18(16)23/h7-10,23H,1-6H3. The Kier molecular flexibility index (Phi) is 4.95. The predicted molar refractivity (Wildman–Crippen MR) is 99.3 cm³/mol. The molecule has 2 aromatic rings. The molecule has 0 heterocycles. The fourth-order valence-electron chi connectivity index (χ4n) is 2.53. The fourth-order valence-corrected chi connectivity index (χ4v) is 2.98. The van der Waals surface area contributed by atoms with Gasteiger partial charge in [0.2, 0.25) is 0 Å². The number of phenolic OH excluding ortho intramolecular Hbond substituents is 1. The van der Waals surface area contributed by atoms with E-state index >= 15 is 0 Å². The number of benzene rings is 2. The monoisotopic (exact) mass is 374 g/mol. The highest BCUT2D eigenvalue weighted by Gasteiger charge is 2.18. The van der Waals surface area contributed by atoms with E-state index in [1.54, 1.807) is 0 Å². The molecule has 0 fully saturated rings. The lowest BCUT2D eigenvalue weighted by Gasteiger charge is -2.20.